The van der Waals surface area contributed by atoms with E-state index in [1.807, 2.05) is 35.0 Å². The highest BCUT2D eigenvalue weighted by atomic mass is 32.2. The van der Waals surface area contributed by atoms with Gasteiger partial charge in [0.2, 0.25) is 0 Å². The van der Waals surface area contributed by atoms with Crippen LogP contribution in [0.15, 0.2) is 57.6 Å². The largest absolute Gasteiger partial charge is 0.497 e. The van der Waals surface area contributed by atoms with Gasteiger partial charge in [0.15, 0.2) is 5.16 Å². The number of hydrogen-bond acceptors (Lipinski definition) is 8. The predicted octanol–water partition coefficient (Wildman–Crippen LogP) is 5.08. The molecule has 0 unspecified atom stereocenters. The minimum atomic E-state index is -0.0365. The molecule has 4 aromatic rings. The van der Waals surface area contributed by atoms with Gasteiger partial charge in [0.1, 0.15) is 21.3 Å². The van der Waals surface area contributed by atoms with E-state index >= 15 is 0 Å². The maximum atomic E-state index is 12.8. The third-order valence-corrected chi connectivity index (χ3v) is 7.14. The maximum Gasteiger partial charge on any atom is 0.263 e. The maximum absolute atomic E-state index is 12.8. The van der Waals surface area contributed by atoms with Gasteiger partial charge in [-0.2, -0.15) is 0 Å². The zero-order valence-corrected chi connectivity index (χ0v) is 18.9. The Morgan fingerprint density at radius 2 is 2.07 bits per heavy atom. The summed E-state index contributed by atoms with van der Waals surface area (Å²) in [5.41, 5.74) is 1.80. The average molecular weight is 458 g/mol. The van der Waals surface area contributed by atoms with Crippen molar-refractivity contribution in [3.63, 3.8) is 0 Å². The molecule has 0 bridgehead atoms. The quantitative estimate of drug-likeness (QED) is 0.209. The molecule has 0 saturated heterocycles. The van der Waals surface area contributed by atoms with Gasteiger partial charge in [-0.05, 0) is 23.6 Å². The van der Waals surface area contributed by atoms with E-state index in [0.717, 1.165) is 26.8 Å². The number of rotatable bonds is 8. The molecule has 0 spiro atoms. The Kier molecular flexibility index (Phi) is 6.21. The third kappa shape index (κ3) is 4.00. The predicted molar refractivity (Wildman–Crippen MR) is 124 cm³/mol. The Labute approximate surface area is 185 Å². The van der Waals surface area contributed by atoms with Crippen LogP contribution >= 0.6 is 34.4 Å². The van der Waals surface area contributed by atoms with Gasteiger partial charge in [-0.1, -0.05) is 17.8 Å². The molecular weight excluding hydrogens is 438 g/mol. The van der Waals surface area contributed by atoms with Crippen LogP contribution in [0, 0.1) is 0 Å². The van der Waals surface area contributed by atoms with Crippen molar-refractivity contribution in [2.24, 2.45) is 0 Å². The highest BCUT2D eigenvalue weighted by Gasteiger charge is 2.15. The third-order valence-electron chi connectivity index (χ3n) is 4.40. The normalized spacial score (nSPS) is 11.0. The fourth-order valence-electron chi connectivity index (χ4n) is 2.94. The first kappa shape index (κ1) is 20.6. The SMILES string of the molecule is C=CCn1c(SCc2csc(-c3ccc(OC)cc3OC)n2)nc2sccc2c1=O. The summed E-state index contributed by atoms with van der Waals surface area (Å²) in [4.78, 5) is 22.9. The molecule has 0 aliphatic heterocycles. The second-order valence-electron chi connectivity index (χ2n) is 6.24. The summed E-state index contributed by atoms with van der Waals surface area (Å²) in [5.74, 6) is 2.06. The molecule has 3 heterocycles. The van der Waals surface area contributed by atoms with E-state index in [1.54, 1.807) is 36.2 Å². The van der Waals surface area contributed by atoms with Crippen molar-refractivity contribution in [3.05, 3.63) is 63.7 Å². The minimum Gasteiger partial charge on any atom is -0.497 e. The number of allylic oxidation sites excluding steroid dienone is 1. The number of fused-ring (bicyclic) bond motifs is 1. The first-order chi connectivity index (χ1) is 14.6. The van der Waals surface area contributed by atoms with Gasteiger partial charge in [0.25, 0.3) is 5.56 Å². The van der Waals surface area contributed by atoms with Gasteiger partial charge in [0.05, 0.1) is 30.9 Å². The van der Waals surface area contributed by atoms with Gasteiger partial charge in [-0.3, -0.25) is 9.36 Å². The summed E-state index contributed by atoms with van der Waals surface area (Å²) in [7, 11) is 3.26. The van der Waals surface area contributed by atoms with Crippen molar-refractivity contribution < 1.29 is 9.47 Å². The summed E-state index contributed by atoms with van der Waals surface area (Å²) in [6, 6.07) is 7.50. The first-order valence-corrected chi connectivity index (χ1v) is 11.8. The molecule has 9 heteroatoms. The van der Waals surface area contributed by atoms with Gasteiger partial charge >= 0.3 is 0 Å². The summed E-state index contributed by atoms with van der Waals surface area (Å²) < 4.78 is 12.4. The summed E-state index contributed by atoms with van der Waals surface area (Å²) in [5, 5.41) is 6.10. The highest BCUT2D eigenvalue weighted by Crippen LogP contribution is 2.36. The number of nitrogens with zero attached hydrogens (tertiary/aromatic N) is 3. The number of methoxy groups -OCH3 is 2. The van der Waals surface area contributed by atoms with Crippen LogP contribution in [-0.2, 0) is 12.3 Å². The zero-order valence-electron chi connectivity index (χ0n) is 16.5. The summed E-state index contributed by atoms with van der Waals surface area (Å²) in [6.45, 7) is 4.19. The van der Waals surface area contributed by atoms with Gasteiger partial charge in [-0.15, -0.1) is 29.3 Å². The molecule has 0 saturated carbocycles. The Morgan fingerprint density at radius 1 is 1.20 bits per heavy atom. The smallest absolute Gasteiger partial charge is 0.263 e. The van der Waals surface area contributed by atoms with Crippen LogP contribution in [0.1, 0.15) is 5.69 Å². The Balaban J connectivity index is 1.59. The monoisotopic (exact) mass is 457 g/mol. The molecule has 3 aromatic heterocycles. The van der Waals surface area contributed by atoms with E-state index in [0.29, 0.717) is 28.6 Å². The van der Waals surface area contributed by atoms with Crippen molar-refractivity contribution in [1.82, 2.24) is 14.5 Å². The van der Waals surface area contributed by atoms with Crippen molar-refractivity contribution in [2.75, 3.05) is 14.2 Å². The lowest BCUT2D eigenvalue weighted by atomic mass is 10.2. The van der Waals surface area contributed by atoms with Crippen molar-refractivity contribution in [1.29, 1.82) is 0 Å². The Bertz CT molecular complexity index is 1260. The summed E-state index contributed by atoms with van der Waals surface area (Å²) >= 11 is 4.53. The topological polar surface area (TPSA) is 66.2 Å². The Hall–Kier alpha value is -2.62. The lowest BCUT2D eigenvalue weighted by Gasteiger charge is -2.09. The highest BCUT2D eigenvalue weighted by molar-refractivity contribution is 7.98. The molecule has 30 heavy (non-hydrogen) atoms. The fraction of sp³-hybridized carbons (Fsp3) is 0.190. The van der Waals surface area contributed by atoms with E-state index in [9.17, 15) is 4.79 Å². The molecule has 0 aliphatic rings. The van der Waals surface area contributed by atoms with Crippen molar-refractivity contribution in [2.45, 2.75) is 17.5 Å². The second-order valence-corrected chi connectivity index (χ2v) is 8.93. The molecular formula is C21H19N3O3S3. The number of thioether (sulfide) groups is 1. The molecule has 0 amide bonds. The van der Waals surface area contributed by atoms with Crippen LogP contribution in [0.3, 0.4) is 0 Å². The molecule has 0 N–H and O–H groups in total. The van der Waals surface area contributed by atoms with Crippen molar-refractivity contribution >= 4 is 44.7 Å². The summed E-state index contributed by atoms with van der Waals surface area (Å²) in [6.07, 6.45) is 1.71. The second kappa shape index (κ2) is 9.03. The van der Waals surface area contributed by atoms with E-state index < -0.39 is 0 Å². The molecule has 0 aliphatic carbocycles. The van der Waals surface area contributed by atoms with E-state index in [2.05, 4.69) is 11.6 Å². The lowest BCUT2D eigenvalue weighted by molar-refractivity contribution is 0.395. The van der Waals surface area contributed by atoms with Crippen LogP contribution in [0.5, 0.6) is 11.5 Å². The fourth-order valence-corrected chi connectivity index (χ4v) is 5.60. The van der Waals surface area contributed by atoms with E-state index in [4.69, 9.17) is 14.5 Å². The molecule has 154 valence electrons. The average Bonchev–Trinajstić information content (AvgIpc) is 3.43. The molecule has 1 aromatic carbocycles. The van der Waals surface area contributed by atoms with Crippen molar-refractivity contribution in [3.8, 4) is 22.1 Å². The van der Waals surface area contributed by atoms with E-state index in [1.165, 1.54) is 23.1 Å². The minimum absolute atomic E-state index is 0.0365. The number of benzene rings is 1. The van der Waals surface area contributed by atoms with Crippen LogP contribution in [-0.4, -0.2) is 28.8 Å². The molecule has 4 rings (SSSR count). The molecule has 0 radical (unpaired) electrons. The molecule has 0 atom stereocenters. The number of aromatic nitrogens is 3. The van der Waals surface area contributed by atoms with Gasteiger partial charge < -0.3 is 9.47 Å². The van der Waals surface area contributed by atoms with Gasteiger partial charge in [0, 0.05) is 23.7 Å². The van der Waals surface area contributed by atoms with Crippen LogP contribution in [0.25, 0.3) is 20.8 Å². The van der Waals surface area contributed by atoms with Crippen LogP contribution in [0.2, 0.25) is 0 Å². The van der Waals surface area contributed by atoms with Crippen LogP contribution in [0.4, 0.5) is 0 Å². The Morgan fingerprint density at radius 3 is 2.83 bits per heavy atom. The standard InChI is InChI=1S/C21H19N3O3S3/c1-4-8-24-20(25)16-7-9-28-19(16)23-21(24)30-12-13-11-29-18(22-13)15-6-5-14(26-2)10-17(15)27-3/h4-7,9-11H,1,8,12H2,2-3H3. The lowest BCUT2D eigenvalue weighted by Crippen LogP contribution is -2.22. The number of thiazole rings is 1. The van der Waals surface area contributed by atoms with Crippen LogP contribution < -0.4 is 15.0 Å². The van der Waals surface area contributed by atoms with E-state index in [-0.39, 0.29) is 5.56 Å². The number of thiophene rings is 1. The molecule has 0 fully saturated rings. The van der Waals surface area contributed by atoms with Gasteiger partial charge in [-0.25, -0.2) is 9.97 Å². The number of ether oxygens (including phenoxy) is 2. The first-order valence-electron chi connectivity index (χ1n) is 9.03. The molecule has 6 nitrogen and oxygen atoms in total. The number of hydrogen-bond donors (Lipinski definition) is 0. The zero-order chi connectivity index (χ0) is 21.1.